The maximum absolute atomic E-state index is 6.36. The molecule has 1 aromatic heterocycles. The second kappa shape index (κ2) is 5.72. The minimum absolute atomic E-state index is 0.229. The van der Waals surface area contributed by atoms with Crippen LogP contribution in [0.15, 0.2) is 59.0 Å². The molecule has 3 heteroatoms. The van der Waals surface area contributed by atoms with E-state index >= 15 is 0 Å². The van der Waals surface area contributed by atoms with Crippen LogP contribution in [0, 0.1) is 6.92 Å². The van der Waals surface area contributed by atoms with Gasteiger partial charge in [-0.1, -0.05) is 42.0 Å². The molecule has 2 N–H and O–H groups in total. The standard InChI is InChI=1S/C18H19NO2/c1-12-8-9-15-14(10-12)11-16(21-15)17(19)18(20-2)13-6-4-3-5-7-13/h3-11,17-18H,19H2,1-2H3. The van der Waals surface area contributed by atoms with Crippen molar-refractivity contribution in [3.05, 3.63) is 71.5 Å². The van der Waals surface area contributed by atoms with E-state index in [4.69, 9.17) is 14.9 Å². The van der Waals surface area contributed by atoms with Crippen LogP contribution in [0.2, 0.25) is 0 Å². The van der Waals surface area contributed by atoms with E-state index in [0.717, 1.165) is 22.3 Å². The van der Waals surface area contributed by atoms with Crippen molar-refractivity contribution >= 4 is 11.0 Å². The maximum Gasteiger partial charge on any atom is 0.134 e. The highest BCUT2D eigenvalue weighted by Crippen LogP contribution is 2.33. The number of methoxy groups -OCH3 is 1. The van der Waals surface area contributed by atoms with E-state index in [0.29, 0.717) is 0 Å². The van der Waals surface area contributed by atoms with Gasteiger partial charge in [-0.05, 0) is 30.7 Å². The molecule has 0 fully saturated rings. The van der Waals surface area contributed by atoms with Gasteiger partial charge in [-0.25, -0.2) is 0 Å². The van der Waals surface area contributed by atoms with E-state index in [9.17, 15) is 0 Å². The predicted molar refractivity (Wildman–Crippen MR) is 84.1 cm³/mol. The molecule has 0 aliphatic rings. The normalized spacial score (nSPS) is 14.2. The predicted octanol–water partition coefficient (Wildman–Crippen LogP) is 4.13. The number of aryl methyl sites for hydroxylation is 1. The van der Waals surface area contributed by atoms with Crippen LogP contribution in [0.1, 0.15) is 29.0 Å². The zero-order chi connectivity index (χ0) is 14.8. The fraction of sp³-hybridized carbons (Fsp3) is 0.222. The Morgan fingerprint density at radius 2 is 1.81 bits per heavy atom. The molecule has 3 nitrogen and oxygen atoms in total. The third-order valence-electron chi connectivity index (χ3n) is 3.73. The Kier molecular flexibility index (Phi) is 3.78. The Morgan fingerprint density at radius 3 is 2.52 bits per heavy atom. The molecule has 108 valence electrons. The molecule has 1 heterocycles. The Balaban J connectivity index is 1.96. The highest BCUT2D eigenvalue weighted by molar-refractivity contribution is 5.78. The maximum atomic E-state index is 6.36. The number of hydrogen-bond donors (Lipinski definition) is 1. The summed E-state index contributed by atoms with van der Waals surface area (Å²) < 4.78 is 11.5. The average Bonchev–Trinajstić information content (AvgIpc) is 2.92. The first-order valence-corrected chi connectivity index (χ1v) is 7.02. The molecule has 0 saturated carbocycles. The summed E-state index contributed by atoms with van der Waals surface area (Å²) in [7, 11) is 1.67. The lowest BCUT2D eigenvalue weighted by molar-refractivity contribution is 0.0741. The molecule has 0 spiro atoms. The number of fused-ring (bicyclic) bond motifs is 1. The lowest BCUT2D eigenvalue weighted by atomic mass is 10.0. The smallest absolute Gasteiger partial charge is 0.134 e. The van der Waals surface area contributed by atoms with Gasteiger partial charge in [0.05, 0.1) is 6.04 Å². The van der Waals surface area contributed by atoms with Crippen LogP contribution in [0.25, 0.3) is 11.0 Å². The van der Waals surface area contributed by atoms with Crippen molar-refractivity contribution in [3.63, 3.8) is 0 Å². The van der Waals surface area contributed by atoms with Crippen LogP contribution in [0.5, 0.6) is 0 Å². The summed E-state index contributed by atoms with van der Waals surface area (Å²) in [5.41, 5.74) is 9.47. The molecule has 0 saturated heterocycles. The molecule has 3 aromatic rings. The van der Waals surface area contributed by atoms with Crippen molar-refractivity contribution in [2.45, 2.75) is 19.1 Å². The Hall–Kier alpha value is -2.10. The molecule has 2 atom stereocenters. The van der Waals surface area contributed by atoms with Gasteiger partial charge in [0, 0.05) is 12.5 Å². The van der Waals surface area contributed by atoms with Crippen LogP contribution < -0.4 is 5.73 Å². The number of ether oxygens (including phenoxy) is 1. The van der Waals surface area contributed by atoms with Gasteiger partial charge in [0.15, 0.2) is 0 Å². The summed E-state index contributed by atoms with van der Waals surface area (Å²) in [6.07, 6.45) is -0.229. The van der Waals surface area contributed by atoms with Crippen LogP contribution in [0.3, 0.4) is 0 Å². The van der Waals surface area contributed by atoms with Crippen LogP contribution in [-0.4, -0.2) is 7.11 Å². The van der Waals surface area contributed by atoms with E-state index in [1.807, 2.05) is 48.5 Å². The highest BCUT2D eigenvalue weighted by Gasteiger charge is 2.24. The van der Waals surface area contributed by atoms with Gasteiger partial charge < -0.3 is 14.9 Å². The third kappa shape index (κ3) is 2.71. The topological polar surface area (TPSA) is 48.4 Å². The van der Waals surface area contributed by atoms with E-state index in [1.165, 1.54) is 5.56 Å². The Morgan fingerprint density at radius 1 is 1.05 bits per heavy atom. The second-order valence-electron chi connectivity index (χ2n) is 5.28. The molecule has 2 unspecified atom stereocenters. The van der Waals surface area contributed by atoms with E-state index < -0.39 is 0 Å². The van der Waals surface area contributed by atoms with Crippen LogP contribution in [0.4, 0.5) is 0 Å². The molecule has 0 aliphatic heterocycles. The third-order valence-corrected chi connectivity index (χ3v) is 3.73. The van der Waals surface area contributed by atoms with Gasteiger partial charge in [-0.3, -0.25) is 0 Å². The number of benzene rings is 2. The Labute approximate surface area is 124 Å². The van der Waals surface area contributed by atoms with Crippen molar-refractivity contribution in [1.29, 1.82) is 0 Å². The van der Waals surface area contributed by atoms with Crippen molar-refractivity contribution in [2.75, 3.05) is 7.11 Å². The molecule has 0 amide bonds. The summed E-state index contributed by atoms with van der Waals surface area (Å²) in [6, 6.07) is 17.7. The minimum atomic E-state index is -0.342. The Bertz CT molecular complexity index is 733. The van der Waals surface area contributed by atoms with Crippen molar-refractivity contribution in [1.82, 2.24) is 0 Å². The number of furan rings is 1. The summed E-state index contributed by atoms with van der Waals surface area (Å²) in [6.45, 7) is 2.06. The van der Waals surface area contributed by atoms with Gasteiger partial charge in [0.2, 0.25) is 0 Å². The molecule has 21 heavy (non-hydrogen) atoms. The largest absolute Gasteiger partial charge is 0.459 e. The minimum Gasteiger partial charge on any atom is -0.459 e. The first-order chi connectivity index (χ1) is 10.2. The monoisotopic (exact) mass is 281 g/mol. The SMILES string of the molecule is COC(c1ccccc1)C(N)c1cc2cc(C)ccc2o1. The molecular weight excluding hydrogens is 262 g/mol. The molecule has 3 rings (SSSR count). The van der Waals surface area contributed by atoms with Crippen molar-refractivity contribution in [3.8, 4) is 0 Å². The number of nitrogens with two attached hydrogens (primary N) is 1. The molecular formula is C18H19NO2. The van der Waals surface area contributed by atoms with Crippen molar-refractivity contribution in [2.24, 2.45) is 5.73 Å². The lowest BCUT2D eigenvalue weighted by Gasteiger charge is -2.21. The van der Waals surface area contributed by atoms with Gasteiger partial charge >= 0.3 is 0 Å². The van der Waals surface area contributed by atoms with Crippen LogP contribution >= 0.6 is 0 Å². The quantitative estimate of drug-likeness (QED) is 0.782. The van der Waals surface area contributed by atoms with E-state index in [2.05, 4.69) is 13.0 Å². The van der Waals surface area contributed by atoms with Gasteiger partial charge in [-0.15, -0.1) is 0 Å². The fourth-order valence-corrected chi connectivity index (χ4v) is 2.63. The zero-order valence-corrected chi connectivity index (χ0v) is 12.2. The molecule has 0 radical (unpaired) electrons. The van der Waals surface area contributed by atoms with Gasteiger partial charge in [0.1, 0.15) is 17.4 Å². The summed E-state index contributed by atoms with van der Waals surface area (Å²) in [5, 5.41) is 1.07. The number of rotatable bonds is 4. The first-order valence-electron chi connectivity index (χ1n) is 7.02. The van der Waals surface area contributed by atoms with E-state index in [-0.39, 0.29) is 12.1 Å². The number of hydrogen-bond acceptors (Lipinski definition) is 3. The summed E-state index contributed by atoms with van der Waals surface area (Å²) >= 11 is 0. The summed E-state index contributed by atoms with van der Waals surface area (Å²) in [4.78, 5) is 0. The first kappa shape index (κ1) is 13.9. The average molecular weight is 281 g/mol. The molecule has 0 bridgehead atoms. The van der Waals surface area contributed by atoms with Gasteiger partial charge in [0.25, 0.3) is 0 Å². The zero-order valence-electron chi connectivity index (χ0n) is 12.2. The fourth-order valence-electron chi connectivity index (χ4n) is 2.63. The second-order valence-corrected chi connectivity index (χ2v) is 5.28. The molecule has 2 aromatic carbocycles. The van der Waals surface area contributed by atoms with E-state index in [1.54, 1.807) is 7.11 Å². The summed E-state index contributed by atoms with van der Waals surface area (Å²) in [5.74, 6) is 0.742. The van der Waals surface area contributed by atoms with Crippen molar-refractivity contribution < 1.29 is 9.15 Å². The molecule has 0 aliphatic carbocycles. The highest BCUT2D eigenvalue weighted by atomic mass is 16.5. The van der Waals surface area contributed by atoms with Crippen LogP contribution in [-0.2, 0) is 4.74 Å². The lowest BCUT2D eigenvalue weighted by Crippen LogP contribution is -2.20. The van der Waals surface area contributed by atoms with Gasteiger partial charge in [-0.2, -0.15) is 0 Å².